The van der Waals surface area contributed by atoms with Crippen molar-refractivity contribution >= 4 is 6.09 Å². The summed E-state index contributed by atoms with van der Waals surface area (Å²) in [6, 6.07) is 0.851. The fourth-order valence-electron chi connectivity index (χ4n) is 3.04. The average Bonchev–Trinajstić information content (AvgIpc) is 2.12. The molecule has 4 nitrogen and oxygen atoms in total. The zero-order valence-electron chi connectivity index (χ0n) is 11.1. The Morgan fingerprint density at radius 2 is 1.76 bits per heavy atom. The van der Waals surface area contributed by atoms with Gasteiger partial charge in [0.05, 0.1) is 0 Å². The first-order valence-electron chi connectivity index (χ1n) is 6.64. The third kappa shape index (κ3) is 2.92. The lowest BCUT2D eigenvalue weighted by Gasteiger charge is -2.47. The highest BCUT2D eigenvalue weighted by Gasteiger charge is 2.41. The first-order valence-corrected chi connectivity index (χ1v) is 6.64. The van der Waals surface area contributed by atoms with E-state index in [1.54, 1.807) is 0 Å². The number of hydrogen-bond donors (Lipinski definition) is 1. The fraction of sp³-hybridized carbons (Fsp3) is 0.923. The van der Waals surface area contributed by atoms with Crippen molar-refractivity contribution in [1.29, 1.82) is 0 Å². The largest absolute Gasteiger partial charge is 0.444 e. The summed E-state index contributed by atoms with van der Waals surface area (Å²) >= 11 is 0. The van der Waals surface area contributed by atoms with Gasteiger partial charge in [0.1, 0.15) is 5.60 Å². The van der Waals surface area contributed by atoms with Crippen LogP contribution in [-0.2, 0) is 4.74 Å². The number of hydrogen-bond acceptors (Lipinski definition) is 3. The Labute approximate surface area is 103 Å². The van der Waals surface area contributed by atoms with Crippen LogP contribution in [0.2, 0.25) is 0 Å². The zero-order valence-corrected chi connectivity index (χ0v) is 11.1. The van der Waals surface area contributed by atoms with Crippen LogP contribution in [0.4, 0.5) is 4.79 Å². The maximum absolute atomic E-state index is 12.2. The molecule has 0 radical (unpaired) electrons. The Morgan fingerprint density at radius 3 is 2.24 bits per heavy atom. The molecule has 0 aromatic heterocycles. The van der Waals surface area contributed by atoms with Gasteiger partial charge in [0.25, 0.3) is 0 Å². The van der Waals surface area contributed by atoms with Gasteiger partial charge < -0.3 is 15.4 Å². The van der Waals surface area contributed by atoms with Crippen molar-refractivity contribution in [2.45, 2.75) is 76.6 Å². The second-order valence-electron chi connectivity index (χ2n) is 6.36. The van der Waals surface area contributed by atoms with Gasteiger partial charge in [0.2, 0.25) is 0 Å². The predicted octanol–water partition coefficient (Wildman–Crippen LogP) is 2.27. The monoisotopic (exact) mass is 240 g/mol. The molecule has 2 heterocycles. The van der Waals surface area contributed by atoms with Crippen molar-refractivity contribution < 1.29 is 9.53 Å². The van der Waals surface area contributed by atoms with E-state index in [9.17, 15) is 4.79 Å². The summed E-state index contributed by atoms with van der Waals surface area (Å²) in [5.74, 6) is 0. The Bertz CT molecular complexity index is 284. The van der Waals surface area contributed by atoms with Crippen LogP contribution >= 0.6 is 0 Å². The van der Waals surface area contributed by atoms with Crippen molar-refractivity contribution in [3.63, 3.8) is 0 Å². The Balaban J connectivity index is 2.07. The molecule has 2 rings (SSSR count). The summed E-state index contributed by atoms with van der Waals surface area (Å²) in [7, 11) is 0. The van der Waals surface area contributed by atoms with Crippen molar-refractivity contribution in [3.8, 4) is 0 Å². The smallest absolute Gasteiger partial charge is 0.410 e. The standard InChI is InChI=1S/C13H24N2O2/c1-13(2,3)17-12(16)15-10-5-4-6-11(15)8-9(14)7-10/h9-11H,4-8,14H2,1-3H3/t9?,10-,11?/m0/s1. The number of carbonyl (C=O) groups excluding carboxylic acids is 1. The minimum atomic E-state index is -0.412. The lowest BCUT2D eigenvalue weighted by molar-refractivity contribution is -0.0210. The molecule has 17 heavy (non-hydrogen) atoms. The number of nitrogens with zero attached hydrogens (tertiary/aromatic N) is 1. The lowest BCUT2D eigenvalue weighted by Crippen LogP contribution is -2.58. The highest BCUT2D eigenvalue weighted by Crippen LogP contribution is 2.34. The normalized spacial score (nSPS) is 33.4. The molecule has 2 bridgehead atoms. The topological polar surface area (TPSA) is 55.6 Å². The van der Waals surface area contributed by atoms with Gasteiger partial charge >= 0.3 is 6.09 Å². The molecular weight excluding hydrogens is 216 g/mol. The molecule has 0 aliphatic carbocycles. The maximum Gasteiger partial charge on any atom is 0.410 e. The van der Waals surface area contributed by atoms with Crippen molar-refractivity contribution in [2.75, 3.05) is 0 Å². The van der Waals surface area contributed by atoms with E-state index in [-0.39, 0.29) is 12.1 Å². The molecular formula is C13H24N2O2. The SMILES string of the molecule is CC(C)(C)OC(=O)N1C2CCC[C@H]1CC(N)C2. The quantitative estimate of drug-likeness (QED) is 0.706. The van der Waals surface area contributed by atoms with Crippen LogP contribution in [0.3, 0.4) is 0 Å². The van der Waals surface area contributed by atoms with Crippen LogP contribution in [0.15, 0.2) is 0 Å². The molecule has 0 aromatic rings. The number of piperidine rings is 2. The Kier molecular flexibility index (Phi) is 3.34. The highest BCUT2D eigenvalue weighted by molar-refractivity contribution is 5.69. The molecule has 4 heteroatoms. The first kappa shape index (κ1) is 12.7. The molecule has 1 amide bonds. The minimum Gasteiger partial charge on any atom is -0.444 e. The summed E-state index contributed by atoms with van der Waals surface area (Å²) in [4.78, 5) is 14.2. The van der Waals surface area contributed by atoms with Crippen LogP contribution in [0, 0.1) is 0 Å². The van der Waals surface area contributed by atoms with Gasteiger partial charge in [-0.2, -0.15) is 0 Å². The van der Waals surface area contributed by atoms with Gasteiger partial charge in [-0.1, -0.05) is 0 Å². The molecule has 0 aromatic carbocycles. The van der Waals surface area contributed by atoms with Gasteiger partial charge in [-0.05, 0) is 52.9 Å². The van der Waals surface area contributed by atoms with E-state index in [2.05, 4.69) is 0 Å². The van der Waals surface area contributed by atoms with E-state index in [0.717, 1.165) is 25.7 Å². The molecule has 98 valence electrons. The van der Waals surface area contributed by atoms with Crippen LogP contribution in [0.1, 0.15) is 52.9 Å². The van der Waals surface area contributed by atoms with Gasteiger partial charge in [-0.15, -0.1) is 0 Å². The summed E-state index contributed by atoms with van der Waals surface area (Å²) in [5, 5.41) is 0. The molecule has 2 saturated heterocycles. The van der Waals surface area contributed by atoms with Crippen LogP contribution < -0.4 is 5.73 Å². The molecule has 2 aliphatic heterocycles. The summed E-state index contributed by atoms with van der Waals surface area (Å²) in [6.07, 6.45) is 5.05. The number of carbonyl (C=O) groups is 1. The van der Waals surface area contributed by atoms with Gasteiger partial charge in [-0.25, -0.2) is 4.79 Å². The molecule has 0 spiro atoms. The third-order valence-electron chi connectivity index (χ3n) is 3.62. The van der Waals surface area contributed by atoms with Crippen LogP contribution in [-0.4, -0.2) is 34.7 Å². The van der Waals surface area contributed by atoms with Crippen molar-refractivity contribution in [1.82, 2.24) is 4.90 Å². The van der Waals surface area contributed by atoms with E-state index in [1.165, 1.54) is 6.42 Å². The van der Waals surface area contributed by atoms with E-state index < -0.39 is 5.60 Å². The molecule has 3 atom stereocenters. The van der Waals surface area contributed by atoms with E-state index >= 15 is 0 Å². The van der Waals surface area contributed by atoms with Gasteiger partial charge in [0.15, 0.2) is 0 Å². The Hall–Kier alpha value is -0.770. The van der Waals surface area contributed by atoms with E-state index in [4.69, 9.17) is 10.5 Å². The zero-order chi connectivity index (χ0) is 12.6. The number of ether oxygens (including phenoxy) is 1. The highest BCUT2D eigenvalue weighted by atomic mass is 16.6. The van der Waals surface area contributed by atoms with Crippen LogP contribution in [0.5, 0.6) is 0 Å². The van der Waals surface area contributed by atoms with Crippen molar-refractivity contribution in [3.05, 3.63) is 0 Å². The van der Waals surface area contributed by atoms with Gasteiger partial charge in [-0.3, -0.25) is 0 Å². The van der Waals surface area contributed by atoms with Crippen LogP contribution in [0.25, 0.3) is 0 Å². The lowest BCUT2D eigenvalue weighted by atomic mass is 9.82. The molecule has 2 unspecified atom stereocenters. The number of fused-ring (bicyclic) bond motifs is 2. The second-order valence-corrected chi connectivity index (χ2v) is 6.36. The van der Waals surface area contributed by atoms with E-state index in [0.29, 0.717) is 12.1 Å². The molecule has 2 aliphatic rings. The average molecular weight is 240 g/mol. The Morgan fingerprint density at radius 1 is 1.24 bits per heavy atom. The first-order chi connectivity index (χ1) is 7.87. The predicted molar refractivity (Wildman–Crippen MR) is 66.7 cm³/mol. The number of amides is 1. The molecule has 0 saturated carbocycles. The number of rotatable bonds is 0. The number of nitrogens with two attached hydrogens (primary N) is 1. The summed E-state index contributed by atoms with van der Waals surface area (Å²) in [6.45, 7) is 5.74. The fourth-order valence-corrected chi connectivity index (χ4v) is 3.04. The third-order valence-corrected chi connectivity index (χ3v) is 3.62. The summed E-state index contributed by atoms with van der Waals surface area (Å²) in [5.41, 5.74) is 5.62. The summed E-state index contributed by atoms with van der Waals surface area (Å²) < 4.78 is 5.49. The molecule has 2 N–H and O–H groups in total. The van der Waals surface area contributed by atoms with Gasteiger partial charge in [0, 0.05) is 18.1 Å². The second kappa shape index (κ2) is 4.48. The maximum atomic E-state index is 12.2. The molecule has 2 fully saturated rings. The van der Waals surface area contributed by atoms with Crippen molar-refractivity contribution in [2.24, 2.45) is 5.73 Å². The minimum absolute atomic E-state index is 0.154. The van der Waals surface area contributed by atoms with E-state index in [1.807, 2.05) is 25.7 Å².